The minimum absolute atomic E-state index is 0. The molecule has 1 rings (SSSR count). The fourth-order valence-electron chi connectivity index (χ4n) is 1.21. The SMILES string of the molecule is COC(=O)[C@@H](N)c1cc(C(F)(F)F)ccc1Cl.Cl. The molecule has 0 amide bonds. The Kier molecular flexibility index (Phi) is 5.92. The lowest BCUT2D eigenvalue weighted by Crippen LogP contribution is -2.23. The Labute approximate surface area is 112 Å². The first-order chi connectivity index (χ1) is 7.77. The molecule has 2 N–H and O–H groups in total. The molecule has 0 aliphatic heterocycles. The number of benzene rings is 1. The number of ether oxygens (including phenoxy) is 1. The number of alkyl halides is 3. The number of halogens is 5. The molecular weight excluding hydrogens is 294 g/mol. The molecule has 0 aromatic heterocycles. The fraction of sp³-hybridized carbons (Fsp3) is 0.300. The minimum atomic E-state index is -4.52. The maximum Gasteiger partial charge on any atom is 0.416 e. The second-order valence-corrected chi connectivity index (χ2v) is 3.64. The summed E-state index contributed by atoms with van der Waals surface area (Å²) in [5, 5.41) is -0.0177. The molecule has 0 fully saturated rings. The summed E-state index contributed by atoms with van der Waals surface area (Å²) >= 11 is 5.69. The van der Waals surface area contributed by atoms with E-state index in [0.29, 0.717) is 0 Å². The molecule has 8 heteroatoms. The lowest BCUT2D eigenvalue weighted by atomic mass is 10.0. The van der Waals surface area contributed by atoms with Crippen LogP contribution in [0.25, 0.3) is 0 Å². The highest BCUT2D eigenvalue weighted by Gasteiger charge is 2.32. The van der Waals surface area contributed by atoms with E-state index in [4.69, 9.17) is 17.3 Å². The fourth-order valence-corrected chi connectivity index (χ4v) is 1.45. The average molecular weight is 304 g/mol. The van der Waals surface area contributed by atoms with Gasteiger partial charge in [0.15, 0.2) is 0 Å². The van der Waals surface area contributed by atoms with Crippen molar-refractivity contribution in [1.82, 2.24) is 0 Å². The van der Waals surface area contributed by atoms with Gasteiger partial charge in [0.25, 0.3) is 0 Å². The van der Waals surface area contributed by atoms with Crippen molar-refractivity contribution in [2.45, 2.75) is 12.2 Å². The van der Waals surface area contributed by atoms with Crippen LogP contribution in [0.3, 0.4) is 0 Å². The Morgan fingerprint density at radius 2 is 2.00 bits per heavy atom. The zero-order valence-electron chi connectivity index (χ0n) is 9.12. The molecule has 0 bridgehead atoms. The van der Waals surface area contributed by atoms with Crippen LogP contribution in [-0.2, 0) is 15.7 Å². The number of hydrogen-bond donors (Lipinski definition) is 1. The molecule has 1 aromatic rings. The lowest BCUT2D eigenvalue weighted by Gasteiger charge is -2.14. The third kappa shape index (κ3) is 3.76. The Morgan fingerprint density at radius 3 is 2.44 bits per heavy atom. The number of carbonyl (C=O) groups excluding carboxylic acids is 1. The van der Waals surface area contributed by atoms with Gasteiger partial charge < -0.3 is 10.5 Å². The van der Waals surface area contributed by atoms with Gasteiger partial charge in [-0.3, -0.25) is 4.79 Å². The van der Waals surface area contributed by atoms with Crippen molar-refractivity contribution in [2.24, 2.45) is 5.73 Å². The van der Waals surface area contributed by atoms with Gasteiger partial charge >= 0.3 is 12.1 Å². The first kappa shape index (κ1) is 17.0. The summed E-state index contributed by atoms with van der Waals surface area (Å²) in [4.78, 5) is 11.1. The molecular formula is C10H10Cl2F3NO2. The van der Waals surface area contributed by atoms with E-state index in [-0.39, 0.29) is 23.0 Å². The number of nitrogens with two attached hydrogens (primary N) is 1. The van der Waals surface area contributed by atoms with Crippen molar-refractivity contribution in [3.05, 3.63) is 34.3 Å². The van der Waals surface area contributed by atoms with Crippen LogP contribution in [0.1, 0.15) is 17.2 Å². The van der Waals surface area contributed by atoms with E-state index in [2.05, 4.69) is 4.74 Å². The topological polar surface area (TPSA) is 52.3 Å². The first-order valence-corrected chi connectivity index (χ1v) is 4.85. The normalized spacial score (nSPS) is 12.6. The van der Waals surface area contributed by atoms with E-state index in [1.165, 1.54) is 0 Å². The van der Waals surface area contributed by atoms with Crippen molar-refractivity contribution in [3.63, 3.8) is 0 Å². The van der Waals surface area contributed by atoms with Crippen molar-refractivity contribution in [2.75, 3.05) is 7.11 Å². The molecule has 0 saturated carbocycles. The molecule has 1 aromatic carbocycles. The summed E-state index contributed by atoms with van der Waals surface area (Å²) < 4.78 is 41.7. The van der Waals surface area contributed by atoms with Gasteiger partial charge in [-0.2, -0.15) is 13.2 Å². The highest BCUT2D eigenvalue weighted by Crippen LogP contribution is 2.33. The number of carbonyl (C=O) groups is 1. The summed E-state index contributed by atoms with van der Waals surface area (Å²) in [6, 6.07) is 1.26. The molecule has 102 valence electrons. The van der Waals surface area contributed by atoms with Gasteiger partial charge in [0, 0.05) is 5.02 Å². The van der Waals surface area contributed by atoms with Crippen LogP contribution in [0.2, 0.25) is 5.02 Å². The largest absolute Gasteiger partial charge is 0.468 e. The summed E-state index contributed by atoms with van der Waals surface area (Å²) in [5.41, 5.74) is 4.40. The first-order valence-electron chi connectivity index (χ1n) is 4.47. The van der Waals surface area contributed by atoms with Crippen LogP contribution in [0.15, 0.2) is 18.2 Å². The van der Waals surface area contributed by atoms with E-state index >= 15 is 0 Å². The van der Waals surface area contributed by atoms with Crippen LogP contribution in [0.5, 0.6) is 0 Å². The molecule has 3 nitrogen and oxygen atoms in total. The Morgan fingerprint density at radius 1 is 1.44 bits per heavy atom. The molecule has 0 unspecified atom stereocenters. The lowest BCUT2D eigenvalue weighted by molar-refractivity contribution is -0.143. The third-order valence-corrected chi connectivity index (χ3v) is 2.46. The van der Waals surface area contributed by atoms with Crippen LogP contribution >= 0.6 is 24.0 Å². The number of esters is 1. The molecule has 0 radical (unpaired) electrons. The summed E-state index contributed by atoms with van der Waals surface area (Å²) in [6.45, 7) is 0. The Balaban J connectivity index is 0.00000289. The van der Waals surface area contributed by atoms with E-state index in [1.807, 2.05) is 0 Å². The van der Waals surface area contributed by atoms with Crippen molar-refractivity contribution in [3.8, 4) is 0 Å². The van der Waals surface area contributed by atoms with Crippen molar-refractivity contribution >= 4 is 30.0 Å². The zero-order chi connectivity index (χ0) is 13.2. The molecule has 1 atom stereocenters. The van der Waals surface area contributed by atoms with Gasteiger partial charge in [-0.1, -0.05) is 11.6 Å². The third-order valence-electron chi connectivity index (χ3n) is 2.11. The second kappa shape index (κ2) is 6.26. The predicted octanol–water partition coefficient (Wildman–Crippen LogP) is 2.95. The minimum Gasteiger partial charge on any atom is -0.468 e. The second-order valence-electron chi connectivity index (χ2n) is 3.23. The van der Waals surface area contributed by atoms with E-state index in [1.54, 1.807) is 0 Å². The number of methoxy groups -OCH3 is 1. The summed E-state index contributed by atoms with van der Waals surface area (Å²) in [6.07, 6.45) is -4.52. The van der Waals surface area contributed by atoms with Gasteiger partial charge in [0.1, 0.15) is 6.04 Å². The molecule has 18 heavy (non-hydrogen) atoms. The summed E-state index contributed by atoms with van der Waals surface area (Å²) in [7, 11) is 1.09. The van der Waals surface area contributed by atoms with Gasteiger partial charge in [0.05, 0.1) is 12.7 Å². The standard InChI is InChI=1S/C10H9ClF3NO2.ClH/c1-17-9(16)8(15)6-4-5(10(12,13)14)2-3-7(6)11;/h2-4,8H,15H2,1H3;1H/t8-;/m0./s1. The van der Waals surface area contributed by atoms with Gasteiger partial charge in [-0.25, -0.2) is 0 Å². The van der Waals surface area contributed by atoms with E-state index in [0.717, 1.165) is 25.3 Å². The van der Waals surface area contributed by atoms with Crippen LogP contribution in [0.4, 0.5) is 13.2 Å². The summed E-state index contributed by atoms with van der Waals surface area (Å²) in [5.74, 6) is -0.855. The van der Waals surface area contributed by atoms with Gasteiger partial charge in [-0.15, -0.1) is 12.4 Å². The Hall–Kier alpha value is -0.980. The highest BCUT2D eigenvalue weighted by molar-refractivity contribution is 6.31. The smallest absolute Gasteiger partial charge is 0.416 e. The van der Waals surface area contributed by atoms with E-state index < -0.39 is 23.8 Å². The van der Waals surface area contributed by atoms with E-state index in [9.17, 15) is 18.0 Å². The van der Waals surface area contributed by atoms with Gasteiger partial charge in [-0.05, 0) is 23.8 Å². The van der Waals surface area contributed by atoms with Crippen LogP contribution in [0, 0.1) is 0 Å². The monoisotopic (exact) mass is 303 g/mol. The van der Waals surface area contributed by atoms with Crippen LogP contribution in [-0.4, -0.2) is 13.1 Å². The van der Waals surface area contributed by atoms with Crippen molar-refractivity contribution in [1.29, 1.82) is 0 Å². The van der Waals surface area contributed by atoms with Gasteiger partial charge in [0.2, 0.25) is 0 Å². The maximum absolute atomic E-state index is 12.4. The molecule has 0 aliphatic carbocycles. The van der Waals surface area contributed by atoms with Crippen LogP contribution < -0.4 is 5.73 Å². The molecule has 0 heterocycles. The molecule has 0 spiro atoms. The zero-order valence-corrected chi connectivity index (χ0v) is 10.7. The molecule has 0 saturated heterocycles. The Bertz CT molecular complexity index is 438. The quantitative estimate of drug-likeness (QED) is 0.855. The maximum atomic E-state index is 12.4. The predicted molar refractivity (Wildman–Crippen MR) is 62.6 cm³/mol. The van der Waals surface area contributed by atoms with Crippen molar-refractivity contribution < 1.29 is 22.7 Å². The number of rotatable bonds is 2. The highest BCUT2D eigenvalue weighted by atomic mass is 35.5. The average Bonchev–Trinajstić information content (AvgIpc) is 2.26. The number of hydrogen-bond acceptors (Lipinski definition) is 3. The molecule has 0 aliphatic rings.